The number of sulfone groups is 1. The zero-order chi connectivity index (χ0) is 22.2. The van der Waals surface area contributed by atoms with Crippen LogP contribution in [-0.4, -0.2) is 58.1 Å². The summed E-state index contributed by atoms with van der Waals surface area (Å²) < 4.78 is 54.8. The van der Waals surface area contributed by atoms with Crippen molar-refractivity contribution in [2.75, 3.05) is 23.7 Å². The topological polar surface area (TPSA) is 93.9 Å². The normalized spacial score (nSPS) is 16.3. The minimum Gasteiger partial charge on any atom is -0.348 e. The Balaban J connectivity index is 1.84. The number of aromatic nitrogens is 5. The third kappa shape index (κ3) is 4.47. The van der Waals surface area contributed by atoms with Crippen LogP contribution in [-0.2, 0) is 16.4 Å². The van der Waals surface area contributed by atoms with E-state index in [4.69, 9.17) is 11.6 Å². The van der Waals surface area contributed by atoms with Gasteiger partial charge in [-0.15, -0.1) is 5.10 Å². The monoisotopic (exact) mass is 470 g/mol. The maximum atomic E-state index is 13.9. The van der Waals surface area contributed by atoms with Gasteiger partial charge in [-0.3, -0.25) is 0 Å². The first-order valence-corrected chi connectivity index (χ1v) is 11.9. The molecule has 1 fully saturated rings. The maximum Gasteiger partial charge on any atom is 0.266 e. The minimum absolute atomic E-state index is 0.0327. The van der Waals surface area contributed by atoms with Crippen LogP contribution in [0.15, 0.2) is 29.4 Å². The zero-order valence-electron chi connectivity index (χ0n) is 16.8. The van der Waals surface area contributed by atoms with Gasteiger partial charge in [0.05, 0.1) is 18.8 Å². The highest BCUT2D eigenvalue weighted by Gasteiger charge is 2.40. The van der Waals surface area contributed by atoms with Gasteiger partial charge in [0.15, 0.2) is 17.0 Å². The molecular weight excluding hydrogens is 450 g/mol. The average Bonchev–Trinajstić information content (AvgIpc) is 3.30. The quantitative estimate of drug-likeness (QED) is 0.489. The molecule has 0 spiro atoms. The van der Waals surface area contributed by atoms with Crippen LogP contribution < -0.4 is 4.90 Å². The predicted octanol–water partition coefficient (Wildman–Crippen LogP) is 3.34. The molecule has 4 rings (SSSR count). The molecule has 3 aromatic rings. The molecule has 1 aliphatic heterocycles. The molecular formula is C19H21ClF2N6O2S. The molecule has 12 heteroatoms. The molecule has 1 saturated heterocycles. The Kier molecular flexibility index (Phi) is 5.82. The molecule has 0 atom stereocenters. The molecule has 0 saturated carbocycles. The molecule has 0 aliphatic carbocycles. The Morgan fingerprint density at radius 2 is 2.00 bits per heavy atom. The summed E-state index contributed by atoms with van der Waals surface area (Å²) in [5, 5.41) is 8.28. The number of benzene rings is 1. The predicted molar refractivity (Wildman–Crippen MR) is 112 cm³/mol. The van der Waals surface area contributed by atoms with E-state index < -0.39 is 27.5 Å². The summed E-state index contributed by atoms with van der Waals surface area (Å²) in [5.74, 6) is -2.95. The van der Waals surface area contributed by atoms with Crippen molar-refractivity contribution in [1.82, 2.24) is 25.0 Å². The van der Waals surface area contributed by atoms with E-state index >= 15 is 0 Å². The van der Waals surface area contributed by atoms with Crippen LogP contribution in [0.25, 0.3) is 11.2 Å². The van der Waals surface area contributed by atoms with Crippen LogP contribution in [0.4, 0.5) is 14.6 Å². The van der Waals surface area contributed by atoms with Gasteiger partial charge in [0.1, 0.15) is 0 Å². The summed E-state index contributed by atoms with van der Waals surface area (Å²) in [6.07, 6.45) is 0.779. The van der Waals surface area contributed by atoms with E-state index in [2.05, 4.69) is 20.3 Å². The molecule has 0 amide bonds. The molecule has 166 valence electrons. The van der Waals surface area contributed by atoms with Gasteiger partial charge in [0.25, 0.3) is 11.1 Å². The standard InChI is InChI=1S/C19H21ClF2N6O2S/c1-2-3-10-31(29,30)18-23-16(27-9-8-19(21,22)12-27)15-17(24-18)28(26-25-15)11-13-6-4-5-7-14(13)20/h4-7H,2-3,8-12H2,1H3. The highest BCUT2D eigenvalue weighted by molar-refractivity contribution is 7.91. The third-order valence-electron chi connectivity index (χ3n) is 5.12. The fraction of sp³-hybridized carbons (Fsp3) is 0.474. The second-order valence-electron chi connectivity index (χ2n) is 7.54. The number of alkyl halides is 2. The molecule has 1 aliphatic rings. The molecule has 0 unspecified atom stereocenters. The first-order chi connectivity index (χ1) is 14.7. The van der Waals surface area contributed by atoms with E-state index in [1.165, 1.54) is 9.58 Å². The van der Waals surface area contributed by atoms with Crippen molar-refractivity contribution >= 4 is 38.4 Å². The van der Waals surface area contributed by atoms with E-state index in [0.717, 1.165) is 5.56 Å². The summed E-state index contributed by atoms with van der Waals surface area (Å²) >= 11 is 6.24. The molecule has 31 heavy (non-hydrogen) atoms. The summed E-state index contributed by atoms with van der Waals surface area (Å²) in [6.45, 7) is 1.53. The summed E-state index contributed by atoms with van der Waals surface area (Å²) in [4.78, 5) is 9.74. The Morgan fingerprint density at radius 1 is 1.23 bits per heavy atom. The lowest BCUT2D eigenvalue weighted by Crippen LogP contribution is -2.27. The van der Waals surface area contributed by atoms with Gasteiger partial charge in [0.2, 0.25) is 9.84 Å². The first kappa shape index (κ1) is 21.8. The molecule has 0 radical (unpaired) electrons. The van der Waals surface area contributed by atoms with Gasteiger partial charge in [-0.2, -0.15) is 9.97 Å². The molecule has 0 N–H and O–H groups in total. The highest BCUT2D eigenvalue weighted by Crippen LogP contribution is 2.33. The molecule has 2 aromatic heterocycles. The van der Waals surface area contributed by atoms with Crippen LogP contribution in [0, 0.1) is 0 Å². The number of anilines is 1. The second kappa shape index (κ2) is 8.27. The lowest BCUT2D eigenvalue weighted by molar-refractivity contribution is 0.0257. The van der Waals surface area contributed by atoms with Crippen LogP contribution in [0.2, 0.25) is 5.02 Å². The van der Waals surface area contributed by atoms with Crippen LogP contribution in [0.5, 0.6) is 0 Å². The highest BCUT2D eigenvalue weighted by atomic mass is 35.5. The van der Waals surface area contributed by atoms with E-state index in [1.807, 2.05) is 13.0 Å². The van der Waals surface area contributed by atoms with Crippen LogP contribution >= 0.6 is 11.6 Å². The number of hydrogen-bond donors (Lipinski definition) is 0. The number of halogens is 3. The average molecular weight is 471 g/mol. The first-order valence-electron chi connectivity index (χ1n) is 9.90. The number of fused-ring (bicyclic) bond motifs is 1. The number of unbranched alkanes of at least 4 members (excludes halogenated alkanes) is 1. The number of hydrogen-bond acceptors (Lipinski definition) is 7. The van der Waals surface area contributed by atoms with Crippen molar-refractivity contribution in [3.05, 3.63) is 34.9 Å². The summed E-state index contributed by atoms with van der Waals surface area (Å²) in [5.41, 5.74) is 1.08. The van der Waals surface area contributed by atoms with Crippen molar-refractivity contribution in [2.24, 2.45) is 0 Å². The van der Waals surface area contributed by atoms with Gasteiger partial charge >= 0.3 is 0 Å². The van der Waals surface area contributed by atoms with Crippen molar-refractivity contribution in [1.29, 1.82) is 0 Å². The fourth-order valence-electron chi connectivity index (χ4n) is 3.42. The Hall–Kier alpha value is -2.40. The van der Waals surface area contributed by atoms with Crippen molar-refractivity contribution in [3.63, 3.8) is 0 Å². The van der Waals surface area contributed by atoms with E-state index in [-0.39, 0.29) is 42.2 Å². The Labute approximate surface area is 183 Å². The van der Waals surface area contributed by atoms with E-state index in [1.54, 1.807) is 18.2 Å². The van der Waals surface area contributed by atoms with Gasteiger partial charge < -0.3 is 4.90 Å². The van der Waals surface area contributed by atoms with Gasteiger partial charge in [-0.25, -0.2) is 21.9 Å². The maximum absolute atomic E-state index is 13.9. The number of nitrogens with zero attached hydrogens (tertiary/aromatic N) is 6. The minimum atomic E-state index is -3.80. The van der Waals surface area contributed by atoms with Gasteiger partial charge in [0, 0.05) is 18.0 Å². The SMILES string of the molecule is CCCCS(=O)(=O)c1nc(N2CCC(F)(F)C2)c2nnn(Cc3ccccc3Cl)c2n1. The fourth-order valence-corrected chi connectivity index (χ4v) is 4.92. The second-order valence-corrected chi connectivity index (χ2v) is 9.95. The number of rotatable bonds is 7. The van der Waals surface area contributed by atoms with E-state index in [9.17, 15) is 17.2 Å². The Morgan fingerprint density at radius 3 is 2.68 bits per heavy atom. The largest absolute Gasteiger partial charge is 0.348 e. The van der Waals surface area contributed by atoms with Crippen LogP contribution in [0.1, 0.15) is 31.7 Å². The van der Waals surface area contributed by atoms with Crippen molar-refractivity contribution in [2.45, 2.75) is 43.8 Å². The van der Waals surface area contributed by atoms with Crippen molar-refractivity contribution in [3.8, 4) is 0 Å². The molecule has 0 bridgehead atoms. The van der Waals surface area contributed by atoms with Crippen molar-refractivity contribution < 1.29 is 17.2 Å². The molecule has 3 heterocycles. The third-order valence-corrected chi connectivity index (χ3v) is 7.05. The Bertz CT molecular complexity index is 1220. The lowest BCUT2D eigenvalue weighted by Gasteiger charge is -2.18. The smallest absolute Gasteiger partial charge is 0.266 e. The summed E-state index contributed by atoms with van der Waals surface area (Å²) in [6, 6.07) is 7.13. The summed E-state index contributed by atoms with van der Waals surface area (Å²) in [7, 11) is -3.80. The van der Waals surface area contributed by atoms with Gasteiger partial charge in [-0.1, -0.05) is 48.4 Å². The lowest BCUT2D eigenvalue weighted by atomic mass is 10.2. The van der Waals surface area contributed by atoms with Gasteiger partial charge in [-0.05, 0) is 18.1 Å². The van der Waals surface area contributed by atoms with Crippen LogP contribution in [0.3, 0.4) is 0 Å². The van der Waals surface area contributed by atoms with E-state index in [0.29, 0.717) is 17.9 Å². The zero-order valence-corrected chi connectivity index (χ0v) is 18.4. The molecule has 8 nitrogen and oxygen atoms in total. The molecule has 1 aromatic carbocycles.